The molecular weight excluding hydrogens is 234 g/mol. The largest absolute Gasteiger partial charge is 0.369 e. The summed E-state index contributed by atoms with van der Waals surface area (Å²) in [6.45, 7) is 12.0. The van der Waals surface area contributed by atoms with Gasteiger partial charge in [-0.25, -0.2) is 0 Å². The van der Waals surface area contributed by atoms with E-state index in [1.807, 2.05) is 0 Å². The summed E-state index contributed by atoms with van der Waals surface area (Å²) in [7, 11) is 0. The zero-order chi connectivity index (χ0) is 13.9. The molecule has 0 radical (unpaired) electrons. The van der Waals surface area contributed by atoms with Crippen LogP contribution >= 0.6 is 0 Å². The van der Waals surface area contributed by atoms with Crippen molar-refractivity contribution in [2.24, 2.45) is 11.7 Å². The fourth-order valence-electron chi connectivity index (χ4n) is 2.84. The molecule has 1 aromatic rings. The highest BCUT2D eigenvalue weighted by Crippen LogP contribution is 2.26. The first-order valence-corrected chi connectivity index (χ1v) is 7.33. The monoisotopic (exact) mass is 261 g/mol. The molecule has 3 heteroatoms. The van der Waals surface area contributed by atoms with Gasteiger partial charge in [0.15, 0.2) is 0 Å². The minimum Gasteiger partial charge on any atom is -0.369 e. The predicted octanol–water partition coefficient (Wildman–Crippen LogP) is 2.18. The molecule has 0 saturated carbocycles. The molecule has 1 unspecified atom stereocenters. The number of hydrogen-bond donors (Lipinski definition) is 1. The van der Waals surface area contributed by atoms with E-state index in [4.69, 9.17) is 5.73 Å². The van der Waals surface area contributed by atoms with Gasteiger partial charge in [0.2, 0.25) is 0 Å². The fraction of sp³-hybridized carbons (Fsp3) is 0.625. The lowest BCUT2D eigenvalue weighted by atomic mass is 9.86. The van der Waals surface area contributed by atoms with Gasteiger partial charge in [0.1, 0.15) is 0 Å². The molecule has 0 spiro atoms. The summed E-state index contributed by atoms with van der Waals surface area (Å²) >= 11 is 0. The van der Waals surface area contributed by atoms with Crippen molar-refractivity contribution in [3.05, 3.63) is 30.3 Å². The molecule has 0 amide bonds. The third-order valence-corrected chi connectivity index (χ3v) is 4.78. The van der Waals surface area contributed by atoms with Crippen LogP contribution in [0.3, 0.4) is 0 Å². The van der Waals surface area contributed by atoms with Gasteiger partial charge in [-0.15, -0.1) is 0 Å². The average Bonchev–Trinajstić information content (AvgIpc) is 2.47. The van der Waals surface area contributed by atoms with Gasteiger partial charge in [0.05, 0.1) is 0 Å². The Morgan fingerprint density at radius 2 is 1.68 bits per heavy atom. The third-order valence-electron chi connectivity index (χ3n) is 4.78. The van der Waals surface area contributed by atoms with Crippen molar-refractivity contribution in [3.63, 3.8) is 0 Å². The zero-order valence-electron chi connectivity index (χ0n) is 12.5. The lowest BCUT2D eigenvalue weighted by molar-refractivity contribution is 0.0616. The van der Waals surface area contributed by atoms with E-state index in [-0.39, 0.29) is 5.54 Å². The van der Waals surface area contributed by atoms with Crippen LogP contribution in [0.25, 0.3) is 0 Å². The minimum atomic E-state index is 0.128. The summed E-state index contributed by atoms with van der Waals surface area (Å²) in [6.07, 6.45) is 0. The Morgan fingerprint density at radius 3 is 2.16 bits per heavy atom. The molecule has 1 saturated heterocycles. The summed E-state index contributed by atoms with van der Waals surface area (Å²) in [4.78, 5) is 5.03. The molecule has 0 bridgehead atoms. The van der Waals surface area contributed by atoms with Crippen LogP contribution in [0, 0.1) is 5.92 Å². The van der Waals surface area contributed by atoms with E-state index in [2.05, 4.69) is 60.9 Å². The number of piperazine rings is 1. The van der Waals surface area contributed by atoms with E-state index in [9.17, 15) is 0 Å². The van der Waals surface area contributed by atoms with Crippen LogP contribution in [0.2, 0.25) is 0 Å². The molecule has 1 aliphatic rings. The van der Waals surface area contributed by atoms with Gasteiger partial charge in [0.25, 0.3) is 0 Å². The highest BCUT2D eigenvalue weighted by molar-refractivity contribution is 5.46. The molecule has 106 valence electrons. The molecular formula is C16H27N3. The molecule has 19 heavy (non-hydrogen) atoms. The van der Waals surface area contributed by atoms with Crippen molar-refractivity contribution in [1.29, 1.82) is 0 Å². The first-order chi connectivity index (χ1) is 9.08. The second kappa shape index (κ2) is 5.93. The summed E-state index contributed by atoms with van der Waals surface area (Å²) in [5.41, 5.74) is 7.49. The van der Waals surface area contributed by atoms with Crippen LogP contribution < -0.4 is 10.6 Å². The van der Waals surface area contributed by atoms with E-state index < -0.39 is 0 Å². The average molecular weight is 261 g/mol. The zero-order valence-corrected chi connectivity index (χ0v) is 12.5. The maximum atomic E-state index is 6.03. The van der Waals surface area contributed by atoms with Gasteiger partial charge in [-0.05, 0) is 25.0 Å². The fourth-order valence-corrected chi connectivity index (χ4v) is 2.84. The number of nitrogens with two attached hydrogens (primary N) is 1. The summed E-state index contributed by atoms with van der Waals surface area (Å²) in [5.74, 6) is 0.584. The molecule has 1 aromatic carbocycles. The Labute approximate surface area is 117 Å². The van der Waals surface area contributed by atoms with Gasteiger partial charge < -0.3 is 10.6 Å². The van der Waals surface area contributed by atoms with Crippen LogP contribution in [-0.2, 0) is 0 Å². The molecule has 3 nitrogen and oxygen atoms in total. The van der Waals surface area contributed by atoms with Crippen LogP contribution in [-0.4, -0.2) is 43.2 Å². The topological polar surface area (TPSA) is 32.5 Å². The summed E-state index contributed by atoms with van der Waals surface area (Å²) in [5, 5.41) is 0. The van der Waals surface area contributed by atoms with E-state index >= 15 is 0 Å². The van der Waals surface area contributed by atoms with Crippen LogP contribution in [0.15, 0.2) is 30.3 Å². The molecule has 1 atom stereocenters. The van der Waals surface area contributed by atoms with Crippen molar-refractivity contribution in [2.45, 2.75) is 26.3 Å². The molecule has 0 aromatic heterocycles. The number of hydrogen-bond acceptors (Lipinski definition) is 3. The Kier molecular flexibility index (Phi) is 4.48. The summed E-state index contributed by atoms with van der Waals surface area (Å²) < 4.78 is 0. The number of para-hydroxylation sites is 1. The van der Waals surface area contributed by atoms with Gasteiger partial charge in [0, 0.05) is 44.0 Å². The van der Waals surface area contributed by atoms with E-state index in [0.717, 1.165) is 32.7 Å². The van der Waals surface area contributed by atoms with Crippen molar-refractivity contribution >= 4 is 5.69 Å². The highest BCUT2D eigenvalue weighted by atomic mass is 15.3. The predicted molar refractivity (Wildman–Crippen MR) is 82.5 cm³/mol. The first kappa shape index (κ1) is 14.4. The van der Waals surface area contributed by atoms with Crippen LogP contribution in [0.4, 0.5) is 5.69 Å². The SMILES string of the molecule is CC(C)C(C)(CN)N1CCN(c2ccccc2)CC1. The Morgan fingerprint density at radius 1 is 1.11 bits per heavy atom. The standard InChI is InChI=1S/C16H27N3/c1-14(2)16(3,13-17)19-11-9-18(10-12-19)15-7-5-4-6-8-15/h4-8,14H,9-13,17H2,1-3H3. The minimum absolute atomic E-state index is 0.128. The first-order valence-electron chi connectivity index (χ1n) is 7.33. The Hall–Kier alpha value is -1.06. The number of anilines is 1. The molecule has 1 aliphatic heterocycles. The smallest absolute Gasteiger partial charge is 0.0367 e. The normalized spacial score (nSPS) is 20.6. The molecule has 1 heterocycles. The third kappa shape index (κ3) is 2.93. The van der Waals surface area contributed by atoms with Crippen LogP contribution in [0.5, 0.6) is 0 Å². The van der Waals surface area contributed by atoms with Crippen molar-refractivity contribution in [2.75, 3.05) is 37.6 Å². The maximum absolute atomic E-state index is 6.03. The van der Waals surface area contributed by atoms with Crippen molar-refractivity contribution in [3.8, 4) is 0 Å². The van der Waals surface area contributed by atoms with Gasteiger partial charge in [-0.2, -0.15) is 0 Å². The number of benzene rings is 1. The van der Waals surface area contributed by atoms with Crippen LogP contribution in [0.1, 0.15) is 20.8 Å². The molecule has 1 fully saturated rings. The Balaban J connectivity index is 1.99. The second-order valence-electron chi connectivity index (χ2n) is 6.03. The summed E-state index contributed by atoms with van der Waals surface area (Å²) in [6, 6.07) is 10.7. The number of rotatable bonds is 4. The van der Waals surface area contributed by atoms with E-state index in [1.165, 1.54) is 5.69 Å². The lowest BCUT2D eigenvalue weighted by Crippen LogP contribution is -2.61. The lowest BCUT2D eigenvalue weighted by Gasteiger charge is -2.48. The van der Waals surface area contributed by atoms with Gasteiger partial charge in [-0.1, -0.05) is 32.0 Å². The number of nitrogens with zero attached hydrogens (tertiary/aromatic N) is 2. The van der Waals surface area contributed by atoms with Crippen molar-refractivity contribution < 1.29 is 0 Å². The van der Waals surface area contributed by atoms with E-state index in [0.29, 0.717) is 5.92 Å². The Bertz CT molecular complexity index is 382. The van der Waals surface area contributed by atoms with Gasteiger partial charge in [-0.3, -0.25) is 4.90 Å². The molecule has 2 rings (SSSR count). The highest BCUT2D eigenvalue weighted by Gasteiger charge is 2.35. The quantitative estimate of drug-likeness (QED) is 0.901. The van der Waals surface area contributed by atoms with Crippen molar-refractivity contribution in [1.82, 2.24) is 4.90 Å². The molecule has 0 aliphatic carbocycles. The maximum Gasteiger partial charge on any atom is 0.0367 e. The molecule has 2 N–H and O–H groups in total. The second-order valence-corrected chi connectivity index (χ2v) is 6.03. The van der Waals surface area contributed by atoms with E-state index in [1.54, 1.807) is 0 Å². The van der Waals surface area contributed by atoms with Gasteiger partial charge >= 0.3 is 0 Å².